The van der Waals surface area contributed by atoms with Crippen molar-refractivity contribution in [2.24, 2.45) is 11.8 Å². The molecule has 1 heterocycles. The van der Waals surface area contributed by atoms with Crippen LogP contribution in [0.25, 0.3) is 0 Å². The molecule has 1 N–H and O–H groups in total. The van der Waals surface area contributed by atoms with Gasteiger partial charge in [-0.15, -0.1) is 0 Å². The fourth-order valence-electron chi connectivity index (χ4n) is 4.67. The van der Waals surface area contributed by atoms with Gasteiger partial charge in [0.1, 0.15) is 0 Å². The third-order valence-corrected chi connectivity index (χ3v) is 6.26. The molecule has 1 amide bonds. The maximum Gasteiger partial charge on any atom is 0.230 e. The number of carbonyl (C=O) groups is 1. The van der Waals surface area contributed by atoms with E-state index in [2.05, 4.69) is 17.0 Å². The minimum Gasteiger partial charge on any atom is -0.389 e. The highest BCUT2D eigenvalue weighted by atomic mass is 16.3. The van der Waals surface area contributed by atoms with Gasteiger partial charge in [-0.25, -0.2) is 0 Å². The molecular weight excluding hydrogens is 286 g/mol. The van der Waals surface area contributed by atoms with Gasteiger partial charge >= 0.3 is 0 Å². The van der Waals surface area contributed by atoms with Gasteiger partial charge in [0.05, 0.1) is 11.5 Å². The van der Waals surface area contributed by atoms with Crippen molar-refractivity contribution in [2.45, 2.75) is 56.5 Å². The van der Waals surface area contributed by atoms with Gasteiger partial charge in [0.2, 0.25) is 5.91 Å². The zero-order valence-corrected chi connectivity index (χ0v) is 13.8. The van der Waals surface area contributed by atoms with E-state index in [-0.39, 0.29) is 11.8 Å². The molecule has 3 nitrogen and oxygen atoms in total. The topological polar surface area (TPSA) is 40.5 Å². The Kier molecular flexibility index (Phi) is 3.92. The number of likely N-dealkylation sites (tertiary alicyclic amines) is 1. The number of fused-ring (bicyclic) bond motifs is 1. The maximum atomic E-state index is 13.2. The van der Waals surface area contributed by atoms with E-state index in [4.69, 9.17) is 0 Å². The monoisotopic (exact) mass is 313 g/mol. The lowest BCUT2D eigenvalue weighted by atomic mass is 9.71. The Hall–Kier alpha value is -1.35. The summed E-state index contributed by atoms with van der Waals surface area (Å²) < 4.78 is 0. The first-order chi connectivity index (χ1) is 11.2. The highest BCUT2D eigenvalue weighted by Crippen LogP contribution is 2.45. The molecule has 3 atom stereocenters. The third kappa shape index (κ3) is 2.91. The molecule has 1 aliphatic heterocycles. The summed E-state index contributed by atoms with van der Waals surface area (Å²) in [5.41, 5.74) is 0.668. The standard InChI is InChI=1S/C20H27NO2/c22-19(18(16-9-10-16)15-6-2-1-3-7-15)21-13-12-20(23)11-5-4-8-17(20)14-21/h1-3,6-7,16-18,23H,4-5,8-14H2. The second-order valence-corrected chi connectivity index (χ2v) is 7.81. The Morgan fingerprint density at radius 2 is 1.91 bits per heavy atom. The van der Waals surface area contributed by atoms with E-state index in [0.29, 0.717) is 11.8 Å². The van der Waals surface area contributed by atoms with Gasteiger partial charge in [-0.05, 0) is 43.6 Å². The molecule has 4 rings (SSSR count). The SMILES string of the molecule is O=C(C(c1ccccc1)C1CC1)N1CCC2(O)CCCCC2C1. The zero-order chi connectivity index (χ0) is 15.9. The largest absolute Gasteiger partial charge is 0.389 e. The van der Waals surface area contributed by atoms with Gasteiger partial charge in [-0.3, -0.25) is 4.79 Å². The van der Waals surface area contributed by atoms with Crippen LogP contribution in [0.1, 0.15) is 56.4 Å². The molecule has 3 heteroatoms. The van der Waals surface area contributed by atoms with E-state index in [1.165, 1.54) is 24.8 Å². The molecule has 0 bridgehead atoms. The molecule has 3 aliphatic rings. The van der Waals surface area contributed by atoms with Gasteiger partial charge < -0.3 is 10.0 Å². The Labute approximate surface area is 138 Å². The van der Waals surface area contributed by atoms with Crippen LogP contribution in [0.2, 0.25) is 0 Å². The summed E-state index contributed by atoms with van der Waals surface area (Å²) in [7, 11) is 0. The summed E-state index contributed by atoms with van der Waals surface area (Å²) in [5, 5.41) is 10.8. The number of nitrogens with zero attached hydrogens (tertiary/aromatic N) is 1. The number of hydrogen-bond donors (Lipinski definition) is 1. The summed E-state index contributed by atoms with van der Waals surface area (Å²) in [5.74, 6) is 1.14. The Bertz CT molecular complexity index is 568. The quantitative estimate of drug-likeness (QED) is 0.930. The lowest BCUT2D eigenvalue weighted by molar-refractivity contribution is -0.145. The smallest absolute Gasteiger partial charge is 0.230 e. The summed E-state index contributed by atoms with van der Waals surface area (Å²) in [4.78, 5) is 15.3. The third-order valence-electron chi connectivity index (χ3n) is 6.26. The average Bonchev–Trinajstić information content (AvgIpc) is 3.40. The van der Waals surface area contributed by atoms with E-state index < -0.39 is 5.60 Å². The fraction of sp³-hybridized carbons (Fsp3) is 0.650. The van der Waals surface area contributed by atoms with Crippen LogP contribution in [-0.4, -0.2) is 34.6 Å². The van der Waals surface area contributed by atoms with Crippen molar-refractivity contribution < 1.29 is 9.90 Å². The van der Waals surface area contributed by atoms with Crippen molar-refractivity contribution in [3.05, 3.63) is 35.9 Å². The molecular formula is C20H27NO2. The molecule has 1 aromatic rings. The molecule has 0 spiro atoms. The summed E-state index contributed by atoms with van der Waals surface area (Å²) >= 11 is 0. The Morgan fingerprint density at radius 1 is 1.13 bits per heavy atom. The van der Waals surface area contributed by atoms with Gasteiger partial charge in [-0.2, -0.15) is 0 Å². The van der Waals surface area contributed by atoms with Crippen molar-refractivity contribution >= 4 is 5.91 Å². The van der Waals surface area contributed by atoms with Gasteiger partial charge in [-0.1, -0.05) is 43.2 Å². The number of amides is 1. The van der Waals surface area contributed by atoms with E-state index in [1.807, 2.05) is 18.2 Å². The summed E-state index contributed by atoms with van der Waals surface area (Å²) in [6, 6.07) is 10.3. The van der Waals surface area contributed by atoms with Crippen molar-refractivity contribution in [1.82, 2.24) is 4.90 Å². The first-order valence-corrected chi connectivity index (χ1v) is 9.23. The van der Waals surface area contributed by atoms with Crippen molar-refractivity contribution in [2.75, 3.05) is 13.1 Å². The lowest BCUT2D eigenvalue weighted by Gasteiger charge is -2.48. The predicted molar refractivity (Wildman–Crippen MR) is 90.0 cm³/mol. The molecule has 1 aromatic carbocycles. The highest BCUT2D eigenvalue weighted by molar-refractivity contribution is 5.84. The lowest BCUT2D eigenvalue weighted by Crippen LogP contribution is -2.55. The van der Waals surface area contributed by atoms with E-state index in [9.17, 15) is 9.90 Å². The summed E-state index contributed by atoms with van der Waals surface area (Å²) in [6.45, 7) is 1.48. The predicted octanol–water partition coefficient (Wildman–Crippen LogP) is 3.33. The molecule has 3 unspecified atom stereocenters. The van der Waals surface area contributed by atoms with Crippen molar-refractivity contribution in [1.29, 1.82) is 0 Å². The number of aliphatic hydroxyl groups is 1. The maximum absolute atomic E-state index is 13.2. The minimum atomic E-state index is -0.503. The number of piperidine rings is 1. The number of carbonyl (C=O) groups excluding carboxylic acids is 1. The molecule has 3 fully saturated rings. The van der Waals surface area contributed by atoms with Gasteiger partial charge in [0.15, 0.2) is 0 Å². The van der Waals surface area contributed by atoms with Gasteiger partial charge in [0, 0.05) is 19.0 Å². The molecule has 23 heavy (non-hydrogen) atoms. The fourth-order valence-corrected chi connectivity index (χ4v) is 4.67. The number of benzene rings is 1. The highest BCUT2D eigenvalue weighted by Gasteiger charge is 2.46. The summed E-state index contributed by atoms with van der Waals surface area (Å²) in [6.07, 6.45) is 7.42. The van der Waals surface area contributed by atoms with Gasteiger partial charge in [0.25, 0.3) is 0 Å². The Morgan fingerprint density at radius 3 is 2.65 bits per heavy atom. The average molecular weight is 313 g/mol. The normalized spacial score (nSPS) is 32.2. The van der Waals surface area contributed by atoms with Crippen LogP contribution in [-0.2, 0) is 4.79 Å². The molecule has 1 saturated heterocycles. The minimum absolute atomic E-state index is 0.0333. The van der Waals surface area contributed by atoms with Crippen LogP contribution in [0.3, 0.4) is 0 Å². The molecule has 2 saturated carbocycles. The number of hydrogen-bond acceptors (Lipinski definition) is 2. The first kappa shape index (κ1) is 15.2. The second-order valence-electron chi connectivity index (χ2n) is 7.81. The van der Waals surface area contributed by atoms with Crippen molar-refractivity contribution in [3.8, 4) is 0 Å². The molecule has 2 aliphatic carbocycles. The van der Waals surface area contributed by atoms with E-state index >= 15 is 0 Å². The Balaban J connectivity index is 1.52. The van der Waals surface area contributed by atoms with Crippen LogP contribution in [0, 0.1) is 11.8 Å². The number of rotatable bonds is 3. The van der Waals surface area contributed by atoms with Crippen LogP contribution in [0.5, 0.6) is 0 Å². The van der Waals surface area contributed by atoms with Crippen LogP contribution in [0.4, 0.5) is 0 Å². The van der Waals surface area contributed by atoms with Crippen LogP contribution in [0.15, 0.2) is 30.3 Å². The van der Waals surface area contributed by atoms with Crippen molar-refractivity contribution in [3.63, 3.8) is 0 Å². The molecule has 124 valence electrons. The molecule has 0 radical (unpaired) electrons. The zero-order valence-electron chi connectivity index (χ0n) is 13.8. The second kappa shape index (κ2) is 5.94. The first-order valence-electron chi connectivity index (χ1n) is 9.23. The van der Waals surface area contributed by atoms with E-state index in [1.54, 1.807) is 0 Å². The molecule has 0 aromatic heterocycles. The van der Waals surface area contributed by atoms with E-state index in [0.717, 1.165) is 38.8 Å². The van der Waals surface area contributed by atoms with Crippen LogP contribution < -0.4 is 0 Å². The van der Waals surface area contributed by atoms with Crippen LogP contribution >= 0.6 is 0 Å².